The van der Waals surface area contributed by atoms with Gasteiger partial charge in [-0.15, -0.1) is 0 Å². The predicted molar refractivity (Wildman–Crippen MR) is 69.4 cm³/mol. The Hall–Kier alpha value is -1.55. The molecule has 1 N–H and O–H groups in total. The zero-order valence-corrected chi connectivity index (χ0v) is 10.7. The van der Waals surface area contributed by atoms with Gasteiger partial charge < -0.3 is 15.0 Å². The fourth-order valence-electron chi connectivity index (χ4n) is 1.45. The van der Waals surface area contributed by atoms with E-state index in [1.54, 1.807) is 11.9 Å². The number of carbonyl (C=O) groups excluding carboxylic acids is 1. The first-order valence-electron chi connectivity index (χ1n) is 5.80. The average molecular weight is 236 g/mol. The minimum absolute atomic E-state index is 0.0207. The molecule has 0 aromatic heterocycles. The summed E-state index contributed by atoms with van der Waals surface area (Å²) in [5.74, 6) is 0.0207. The summed E-state index contributed by atoms with van der Waals surface area (Å²) < 4.78 is 5.22. The summed E-state index contributed by atoms with van der Waals surface area (Å²) in [6.45, 7) is 3.81. The van der Waals surface area contributed by atoms with Crippen molar-refractivity contribution in [3.63, 3.8) is 0 Å². The summed E-state index contributed by atoms with van der Waals surface area (Å²) in [6.07, 6.45) is 0. The molecule has 17 heavy (non-hydrogen) atoms. The Morgan fingerprint density at radius 1 is 1.35 bits per heavy atom. The van der Waals surface area contributed by atoms with E-state index in [4.69, 9.17) is 4.74 Å². The molecule has 0 fully saturated rings. The van der Waals surface area contributed by atoms with E-state index in [9.17, 15) is 4.79 Å². The van der Waals surface area contributed by atoms with Gasteiger partial charge >= 0.3 is 0 Å². The van der Waals surface area contributed by atoms with Crippen LogP contribution in [-0.2, 0) is 4.74 Å². The lowest BCUT2D eigenvalue weighted by atomic mass is 10.2. The van der Waals surface area contributed by atoms with E-state index in [2.05, 4.69) is 5.32 Å². The molecule has 4 nitrogen and oxygen atoms in total. The molecule has 0 atom stereocenters. The number of nitrogens with one attached hydrogen (secondary N) is 1. The van der Waals surface area contributed by atoms with Crippen LogP contribution in [0.3, 0.4) is 0 Å². The summed E-state index contributed by atoms with van der Waals surface area (Å²) in [5, 5.41) is 3.02. The zero-order chi connectivity index (χ0) is 12.7. The molecule has 0 aliphatic rings. The first-order valence-corrected chi connectivity index (χ1v) is 5.80. The predicted octanol–water partition coefficient (Wildman–Crippen LogP) is 1.84. The Morgan fingerprint density at radius 2 is 2.00 bits per heavy atom. The van der Waals surface area contributed by atoms with Crippen LogP contribution in [0.15, 0.2) is 24.3 Å². The molecule has 1 aromatic rings. The van der Waals surface area contributed by atoms with Gasteiger partial charge in [-0.05, 0) is 31.2 Å². The second kappa shape index (κ2) is 6.91. The summed E-state index contributed by atoms with van der Waals surface area (Å²) in [4.78, 5) is 13.7. The highest BCUT2D eigenvalue weighted by Gasteiger charge is 2.10. The summed E-state index contributed by atoms with van der Waals surface area (Å²) in [5.41, 5.74) is 1.70. The molecule has 1 rings (SSSR count). The molecular formula is C13H20N2O2. The molecule has 94 valence electrons. The third kappa shape index (κ3) is 4.07. The van der Waals surface area contributed by atoms with Gasteiger partial charge in [0.15, 0.2) is 0 Å². The molecule has 0 saturated carbocycles. The summed E-state index contributed by atoms with van der Waals surface area (Å²) in [6, 6.07) is 7.43. The number of likely N-dealkylation sites (N-methyl/N-ethyl adjacent to an activating group) is 1. The highest BCUT2D eigenvalue weighted by atomic mass is 16.5. The maximum Gasteiger partial charge on any atom is 0.253 e. The molecule has 0 radical (unpaired) electrons. The topological polar surface area (TPSA) is 41.6 Å². The highest BCUT2D eigenvalue weighted by Crippen LogP contribution is 2.10. The number of amides is 1. The van der Waals surface area contributed by atoms with Gasteiger partial charge in [-0.1, -0.05) is 0 Å². The molecule has 4 heteroatoms. The number of carbonyl (C=O) groups is 1. The molecule has 1 amide bonds. The lowest BCUT2D eigenvalue weighted by Gasteiger charge is -2.17. The third-order valence-electron chi connectivity index (χ3n) is 2.54. The maximum atomic E-state index is 12.0. The number of anilines is 1. The van der Waals surface area contributed by atoms with E-state index in [0.717, 1.165) is 5.69 Å². The first-order chi connectivity index (χ1) is 8.19. The normalized spacial score (nSPS) is 10.1. The quantitative estimate of drug-likeness (QED) is 0.766. The Bertz CT molecular complexity index is 349. The van der Waals surface area contributed by atoms with Crippen LogP contribution in [0.2, 0.25) is 0 Å². The van der Waals surface area contributed by atoms with Crippen LogP contribution in [0.25, 0.3) is 0 Å². The summed E-state index contributed by atoms with van der Waals surface area (Å²) >= 11 is 0. The van der Waals surface area contributed by atoms with Crippen molar-refractivity contribution in [3.8, 4) is 0 Å². The van der Waals surface area contributed by atoms with Crippen LogP contribution in [0.4, 0.5) is 5.69 Å². The smallest absolute Gasteiger partial charge is 0.253 e. The number of benzene rings is 1. The SMILES string of the molecule is CCOCCN(C)C(=O)c1ccc(NC)cc1. The van der Waals surface area contributed by atoms with Crippen LogP contribution < -0.4 is 5.32 Å². The molecule has 0 spiro atoms. The largest absolute Gasteiger partial charge is 0.388 e. The molecule has 0 aliphatic heterocycles. The highest BCUT2D eigenvalue weighted by molar-refractivity contribution is 5.94. The Balaban J connectivity index is 2.55. The average Bonchev–Trinajstić information content (AvgIpc) is 2.38. The zero-order valence-electron chi connectivity index (χ0n) is 10.7. The second-order valence-electron chi connectivity index (χ2n) is 3.75. The van der Waals surface area contributed by atoms with Crippen LogP contribution in [-0.4, -0.2) is 44.7 Å². The minimum atomic E-state index is 0.0207. The second-order valence-corrected chi connectivity index (χ2v) is 3.75. The van der Waals surface area contributed by atoms with Gasteiger partial charge in [0.05, 0.1) is 6.61 Å². The van der Waals surface area contributed by atoms with E-state index >= 15 is 0 Å². The molecule has 0 unspecified atom stereocenters. The van der Waals surface area contributed by atoms with E-state index in [1.807, 2.05) is 38.2 Å². The number of hydrogen-bond acceptors (Lipinski definition) is 3. The van der Waals surface area contributed by atoms with Crippen molar-refractivity contribution < 1.29 is 9.53 Å². The maximum absolute atomic E-state index is 12.0. The van der Waals surface area contributed by atoms with Crippen LogP contribution >= 0.6 is 0 Å². The standard InChI is InChI=1S/C13H20N2O2/c1-4-17-10-9-15(3)13(16)11-5-7-12(14-2)8-6-11/h5-8,14H,4,9-10H2,1-3H3. The van der Waals surface area contributed by atoms with Gasteiger partial charge in [0.2, 0.25) is 0 Å². The van der Waals surface area contributed by atoms with Crippen LogP contribution in [0.5, 0.6) is 0 Å². The van der Waals surface area contributed by atoms with Gasteiger partial charge in [0, 0.05) is 38.5 Å². The van der Waals surface area contributed by atoms with Crippen molar-refractivity contribution in [2.75, 3.05) is 39.2 Å². The summed E-state index contributed by atoms with van der Waals surface area (Å²) in [7, 11) is 3.64. The molecular weight excluding hydrogens is 216 g/mol. The van der Waals surface area contributed by atoms with E-state index in [0.29, 0.717) is 25.3 Å². The van der Waals surface area contributed by atoms with Crippen molar-refractivity contribution in [1.82, 2.24) is 4.90 Å². The van der Waals surface area contributed by atoms with Gasteiger partial charge in [0.25, 0.3) is 5.91 Å². The van der Waals surface area contributed by atoms with Crippen molar-refractivity contribution in [2.45, 2.75) is 6.92 Å². The molecule has 0 bridgehead atoms. The van der Waals surface area contributed by atoms with Crippen LogP contribution in [0.1, 0.15) is 17.3 Å². The van der Waals surface area contributed by atoms with E-state index in [1.165, 1.54) is 0 Å². The Morgan fingerprint density at radius 3 is 2.53 bits per heavy atom. The molecule has 0 heterocycles. The molecule has 0 saturated heterocycles. The lowest BCUT2D eigenvalue weighted by molar-refractivity contribution is 0.0710. The fourth-order valence-corrected chi connectivity index (χ4v) is 1.45. The monoisotopic (exact) mass is 236 g/mol. The van der Waals surface area contributed by atoms with Crippen molar-refractivity contribution >= 4 is 11.6 Å². The van der Waals surface area contributed by atoms with Gasteiger partial charge in [-0.2, -0.15) is 0 Å². The number of hydrogen-bond donors (Lipinski definition) is 1. The lowest BCUT2D eigenvalue weighted by Crippen LogP contribution is -2.30. The van der Waals surface area contributed by atoms with Gasteiger partial charge in [-0.25, -0.2) is 0 Å². The third-order valence-corrected chi connectivity index (χ3v) is 2.54. The number of ether oxygens (including phenoxy) is 1. The van der Waals surface area contributed by atoms with E-state index in [-0.39, 0.29) is 5.91 Å². The van der Waals surface area contributed by atoms with Gasteiger partial charge in [-0.3, -0.25) is 4.79 Å². The first kappa shape index (κ1) is 13.5. The molecule has 0 aliphatic carbocycles. The number of nitrogens with zero attached hydrogens (tertiary/aromatic N) is 1. The fraction of sp³-hybridized carbons (Fsp3) is 0.462. The van der Waals surface area contributed by atoms with Crippen LogP contribution in [0, 0.1) is 0 Å². The van der Waals surface area contributed by atoms with Gasteiger partial charge in [0.1, 0.15) is 0 Å². The minimum Gasteiger partial charge on any atom is -0.388 e. The Kier molecular flexibility index (Phi) is 5.49. The Labute approximate surface area is 103 Å². The van der Waals surface area contributed by atoms with E-state index < -0.39 is 0 Å². The number of rotatable bonds is 6. The van der Waals surface area contributed by atoms with Crippen molar-refractivity contribution in [1.29, 1.82) is 0 Å². The molecule has 1 aromatic carbocycles. The van der Waals surface area contributed by atoms with Crippen molar-refractivity contribution in [2.24, 2.45) is 0 Å². The van der Waals surface area contributed by atoms with Crippen molar-refractivity contribution in [3.05, 3.63) is 29.8 Å².